The SMILES string of the molecule is CC.CCOc1c(C)nn(CC2CC2)c(=O)c1-c1ccccc1C.[CH3-].[Y]. The molecule has 0 amide bonds. The van der Waals surface area contributed by atoms with Gasteiger partial charge in [0.2, 0.25) is 0 Å². The maximum Gasteiger partial charge on any atom is 0.278 e. The van der Waals surface area contributed by atoms with E-state index in [0.29, 0.717) is 30.4 Å². The summed E-state index contributed by atoms with van der Waals surface area (Å²) in [6, 6.07) is 7.94. The number of rotatable bonds is 5. The van der Waals surface area contributed by atoms with Crippen molar-refractivity contribution in [2.75, 3.05) is 6.61 Å². The number of aryl methyl sites for hydroxylation is 2. The number of hydrogen-bond donors (Lipinski definition) is 0. The van der Waals surface area contributed by atoms with Crippen LogP contribution in [-0.4, -0.2) is 16.4 Å². The average Bonchev–Trinajstić information content (AvgIpc) is 3.40. The second kappa shape index (κ2) is 11.7. The number of benzene rings is 1. The van der Waals surface area contributed by atoms with E-state index < -0.39 is 0 Å². The third-order valence-electron chi connectivity index (χ3n) is 4.11. The summed E-state index contributed by atoms with van der Waals surface area (Å²) in [5.41, 5.74) is 3.39. The van der Waals surface area contributed by atoms with E-state index in [1.807, 2.05) is 58.9 Å². The number of hydrogen-bond acceptors (Lipinski definition) is 3. The van der Waals surface area contributed by atoms with Gasteiger partial charge in [0.1, 0.15) is 5.69 Å². The Morgan fingerprint density at radius 3 is 2.35 bits per heavy atom. The van der Waals surface area contributed by atoms with Gasteiger partial charge in [-0.25, -0.2) is 4.68 Å². The molecule has 2 aromatic rings. The Kier molecular flexibility index (Phi) is 11.2. The number of ether oxygens (including phenoxy) is 1. The predicted octanol–water partition coefficient (Wildman–Crippen LogP) is 4.81. The Labute approximate surface area is 183 Å². The van der Waals surface area contributed by atoms with E-state index in [4.69, 9.17) is 4.74 Å². The van der Waals surface area contributed by atoms with Gasteiger partial charge >= 0.3 is 0 Å². The van der Waals surface area contributed by atoms with Gasteiger partial charge in [0.25, 0.3) is 5.56 Å². The molecule has 1 heterocycles. The molecule has 26 heavy (non-hydrogen) atoms. The van der Waals surface area contributed by atoms with Crippen LogP contribution in [0.4, 0.5) is 0 Å². The predicted molar refractivity (Wildman–Crippen MR) is 105 cm³/mol. The molecule has 0 spiro atoms. The monoisotopic (exact) mass is 432 g/mol. The van der Waals surface area contributed by atoms with Gasteiger partial charge in [0.05, 0.1) is 12.2 Å². The van der Waals surface area contributed by atoms with Crippen molar-refractivity contribution < 1.29 is 37.4 Å². The molecule has 5 heteroatoms. The maximum absolute atomic E-state index is 13.0. The Balaban J connectivity index is 0.00000151. The average molecular weight is 432 g/mol. The molecule has 1 fully saturated rings. The Morgan fingerprint density at radius 1 is 1.19 bits per heavy atom. The molecule has 0 saturated heterocycles. The zero-order valence-electron chi connectivity index (χ0n) is 17.0. The van der Waals surface area contributed by atoms with Gasteiger partial charge in [-0.05, 0) is 50.7 Å². The fraction of sp³-hybridized carbons (Fsp3) is 0.476. The molecule has 0 bridgehead atoms. The molecule has 1 aliphatic carbocycles. The molecular weight excluding hydrogens is 401 g/mol. The van der Waals surface area contributed by atoms with Crippen molar-refractivity contribution in [2.45, 2.75) is 54.0 Å². The molecule has 1 radical (unpaired) electrons. The van der Waals surface area contributed by atoms with Crippen LogP contribution in [0.25, 0.3) is 11.1 Å². The summed E-state index contributed by atoms with van der Waals surface area (Å²) in [6.07, 6.45) is 2.39. The van der Waals surface area contributed by atoms with E-state index in [1.165, 1.54) is 12.8 Å². The summed E-state index contributed by atoms with van der Waals surface area (Å²) in [6.45, 7) is 11.1. The maximum atomic E-state index is 13.0. The minimum absolute atomic E-state index is 0. The van der Waals surface area contributed by atoms with Crippen LogP contribution in [0, 0.1) is 27.2 Å². The van der Waals surface area contributed by atoms with Crippen molar-refractivity contribution in [3.05, 3.63) is 53.3 Å². The van der Waals surface area contributed by atoms with Crippen molar-refractivity contribution in [2.24, 2.45) is 5.92 Å². The third kappa shape index (κ3) is 5.75. The molecule has 0 aliphatic heterocycles. The van der Waals surface area contributed by atoms with Gasteiger partial charge in [-0.3, -0.25) is 4.79 Å². The summed E-state index contributed by atoms with van der Waals surface area (Å²) in [5.74, 6) is 1.22. The van der Waals surface area contributed by atoms with Crippen LogP contribution in [0.2, 0.25) is 0 Å². The van der Waals surface area contributed by atoms with E-state index >= 15 is 0 Å². The topological polar surface area (TPSA) is 44.1 Å². The third-order valence-corrected chi connectivity index (χ3v) is 4.11. The fourth-order valence-corrected chi connectivity index (χ4v) is 2.76. The molecule has 1 aromatic carbocycles. The van der Waals surface area contributed by atoms with Crippen molar-refractivity contribution in [3.63, 3.8) is 0 Å². The largest absolute Gasteiger partial charge is 0.491 e. The van der Waals surface area contributed by atoms with Crippen LogP contribution in [0.1, 0.15) is 44.9 Å². The molecule has 141 valence electrons. The molecule has 1 saturated carbocycles. The van der Waals surface area contributed by atoms with Gasteiger partial charge in [-0.15, -0.1) is 0 Å². The summed E-state index contributed by atoms with van der Waals surface area (Å²) >= 11 is 0. The minimum atomic E-state index is -0.0461. The second-order valence-corrected chi connectivity index (χ2v) is 5.97. The van der Waals surface area contributed by atoms with E-state index in [9.17, 15) is 4.79 Å². The van der Waals surface area contributed by atoms with Crippen LogP contribution in [0.3, 0.4) is 0 Å². The van der Waals surface area contributed by atoms with E-state index in [2.05, 4.69) is 5.10 Å². The molecule has 1 aromatic heterocycles. The summed E-state index contributed by atoms with van der Waals surface area (Å²) in [5, 5.41) is 4.47. The van der Waals surface area contributed by atoms with Gasteiger partial charge in [-0.1, -0.05) is 38.1 Å². The zero-order chi connectivity index (χ0) is 17.7. The van der Waals surface area contributed by atoms with E-state index in [1.54, 1.807) is 4.68 Å². The molecule has 0 N–H and O–H groups in total. The van der Waals surface area contributed by atoms with Crippen LogP contribution >= 0.6 is 0 Å². The fourth-order valence-electron chi connectivity index (χ4n) is 2.76. The second-order valence-electron chi connectivity index (χ2n) is 5.97. The van der Waals surface area contributed by atoms with Gasteiger partial charge in [0, 0.05) is 39.3 Å². The summed E-state index contributed by atoms with van der Waals surface area (Å²) in [4.78, 5) is 13.0. The van der Waals surface area contributed by atoms with E-state index in [-0.39, 0.29) is 45.7 Å². The molecule has 0 atom stereocenters. The molecule has 4 nitrogen and oxygen atoms in total. The van der Waals surface area contributed by atoms with Crippen LogP contribution in [0.5, 0.6) is 5.75 Å². The Hall–Kier alpha value is -0.996. The molecule has 1 aliphatic rings. The normalized spacial score (nSPS) is 12.2. The quantitative estimate of drug-likeness (QED) is 0.637. The number of nitrogens with zero attached hydrogens (tertiary/aromatic N) is 2. The van der Waals surface area contributed by atoms with Gasteiger partial charge < -0.3 is 12.2 Å². The molecule has 3 rings (SSSR count). The summed E-state index contributed by atoms with van der Waals surface area (Å²) in [7, 11) is 0. The van der Waals surface area contributed by atoms with Crippen molar-refractivity contribution in [3.8, 4) is 16.9 Å². The van der Waals surface area contributed by atoms with Crippen molar-refractivity contribution >= 4 is 0 Å². The first kappa shape index (κ1) is 25.0. The first-order valence-electron chi connectivity index (χ1n) is 8.92. The van der Waals surface area contributed by atoms with Gasteiger partial charge in [-0.2, -0.15) is 5.10 Å². The first-order valence-corrected chi connectivity index (χ1v) is 8.92. The zero-order valence-corrected chi connectivity index (χ0v) is 19.8. The summed E-state index contributed by atoms with van der Waals surface area (Å²) < 4.78 is 7.38. The van der Waals surface area contributed by atoms with Crippen molar-refractivity contribution in [1.82, 2.24) is 9.78 Å². The van der Waals surface area contributed by atoms with Crippen LogP contribution in [-0.2, 0) is 39.3 Å². The Bertz CT molecular complexity index is 752. The standard InChI is InChI=1S/C18H22N2O2.C2H6.CH3.Y/c1-4-22-17-13(3)19-20(11-14-9-10-14)18(21)16(17)15-8-6-5-7-12(15)2;1-2;;/h5-8,14H,4,9-11H2,1-3H3;1-2H3;1H3;/q;;-1;. The molecule has 0 unspecified atom stereocenters. The molecular formula is C21H31N2O2Y-. The van der Waals surface area contributed by atoms with Crippen molar-refractivity contribution in [1.29, 1.82) is 0 Å². The first-order chi connectivity index (χ1) is 11.6. The van der Waals surface area contributed by atoms with Crippen LogP contribution < -0.4 is 10.3 Å². The van der Waals surface area contributed by atoms with E-state index in [0.717, 1.165) is 16.8 Å². The van der Waals surface area contributed by atoms with Gasteiger partial charge in [0.15, 0.2) is 5.75 Å². The Morgan fingerprint density at radius 2 is 1.81 bits per heavy atom. The number of aromatic nitrogens is 2. The smallest absolute Gasteiger partial charge is 0.278 e. The minimum Gasteiger partial charge on any atom is -0.491 e. The van der Waals surface area contributed by atoms with Crippen LogP contribution in [0.15, 0.2) is 29.1 Å².